The lowest BCUT2D eigenvalue weighted by Crippen LogP contribution is -2.59. The molecule has 1 aliphatic rings. The Hall–Kier alpha value is -2.79. The second-order valence-electron chi connectivity index (χ2n) is 6.83. The van der Waals surface area contributed by atoms with E-state index in [-0.39, 0.29) is 18.8 Å². The summed E-state index contributed by atoms with van der Waals surface area (Å²) >= 11 is 0. The van der Waals surface area contributed by atoms with Gasteiger partial charge in [-0.25, -0.2) is 4.79 Å². The van der Waals surface area contributed by atoms with E-state index in [1.807, 2.05) is 74.5 Å². The van der Waals surface area contributed by atoms with Crippen LogP contribution in [0.2, 0.25) is 0 Å². The van der Waals surface area contributed by atoms with Crippen LogP contribution in [0.25, 0.3) is 0 Å². The van der Waals surface area contributed by atoms with E-state index in [1.54, 1.807) is 12.3 Å². The summed E-state index contributed by atoms with van der Waals surface area (Å²) in [4.78, 5) is 12.4. The van der Waals surface area contributed by atoms with Crippen LogP contribution in [0.3, 0.4) is 0 Å². The van der Waals surface area contributed by atoms with Gasteiger partial charge in [-0.2, -0.15) is 0 Å². The second kappa shape index (κ2) is 8.73. The average molecular weight is 367 g/mol. The van der Waals surface area contributed by atoms with Crippen LogP contribution in [0.4, 0.5) is 4.79 Å². The molecular weight excluding hydrogens is 342 g/mol. The van der Waals surface area contributed by atoms with Crippen molar-refractivity contribution >= 4 is 6.09 Å². The second-order valence-corrected chi connectivity index (χ2v) is 6.83. The molecule has 1 aliphatic heterocycles. The highest BCUT2D eigenvalue weighted by atomic mass is 16.6. The van der Waals surface area contributed by atoms with Crippen LogP contribution < -0.4 is 5.32 Å². The zero-order chi connectivity index (χ0) is 19.1. The maximum Gasteiger partial charge on any atom is 0.408 e. The molecule has 2 aromatic rings. The molecule has 3 atom stereocenters. The summed E-state index contributed by atoms with van der Waals surface area (Å²) in [5.41, 5.74) is 1.26. The summed E-state index contributed by atoms with van der Waals surface area (Å²) < 4.78 is 17.1. The van der Waals surface area contributed by atoms with Gasteiger partial charge in [0.05, 0.1) is 18.4 Å². The van der Waals surface area contributed by atoms with Crippen LogP contribution in [0.5, 0.6) is 0 Å². The standard InChI is InChI=1S/C22H25NO4/c1-17-20(26-15-18-9-5-3-6-10-18)22(2,13-14-25-17)23-21(24)27-16-19-11-7-4-8-12-19/h3-14,17,20H,15-16H2,1-2H3,(H,23,24)/t17-,20+,22-/m0/s1. The Labute approximate surface area is 159 Å². The minimum absolute atomic E-state index is 0.210. The Morgan fingerprint density at radius 1 is 1.04 bits per heavy atom. The Bertz CT molecular complexity index is 762. The Morgan fingerprint density at radius 2 is 1.63 bits per heavy atom. The lowest BCUT2D eigenvalue weighted by molar-refractivity contribution is -0.0873. The maximum atomic E-state index is 12.4. The van der Waals surface area contributed by atoms with E-state index in [4.69, 9.17) is 14.2 Å². The third-order valence-electron chi connectivity index (χ3n) is 4.58. The van der Waals surface area contributed by atoms with E-state index in [0.29, 0.717) is 6.61 Å². The first kappa shape index (κ1) is 19.0. The number of carbonyl (C=O) groups is 1. The number of carbonyl (C=O) groups excluding carboxylic acids is 1. The minimum Gasteiger partial charge on any atom is -0.496 e. The van der Waals surface area contributed by atoms with Crippen LogP contribution in [0, 0.1) is 0 Å². The van der Waals surface area contributed by atoms with Gasteiger partial charge in [0, 0.05) is 0 Å². The van der Waals surface area contributed by atoms with E-state index in [2.05, 4.69) is 5.32 Å². The van der Waals surface area contributed by atoms with Gasteiger partial charge in [-0.1, -0.05) is 60.7 Å². The molecular formula is C22H25NO4. The van der Waals surface area contributed by atoms with Crippen molar-refractivity contribution in [3.63, 3.8) is 0 Å². The van der Waals surface area contributed by atoms with Crippen molar-refractivity contribution in [2.75, 3.05) is 0 Å². The van der Waals surface area contributed by atoms with Gasteiger partial charge in [0.15, 0.2) is 0 Å². The molecule has 0 saturated heterocycles. The summed E-state index contributed by atoms with van der Waals surface area (Å²) in [6.07, 6.45) is 2.34. The summed E-state index contributed by atoms with van der Waals surface area (Å²) in [5.74, 6) is 0. The fourth-order valence-corrected chi connectivity index (χ4v) is 3.12. The molecule has 0 aliphatic carbocycles. The van der Waals surface area contributed by atoms with Crippen molar-refractivity contribution in [3.8, 4) is 0 Å². The van der Waals surface area contributed by atoms with Crippen LogP contribution in [-0.2, 0) is 27.4 Å². The quantitative estimate of drug-likeness (QED) is 0.832. The number of rotatable bonds is 6. The van der Waals surface area contributed by atoms with Crippen molar-refractivity contribution in [1.29, 1.82) is 0 Å². The molecule has 3 rings (SSSR count). The highest BCUT2D eigenvalue weighted by Crippen LogP contribution is 2.26. The van der Waals surface area contributed by atoms with Crippen LogP contribution in [0.1, 0.15) is 25.0 Å². The molecule has 1 heterocycles. The number of nitrogens with one attached hydrogen (secondary N) is 1. The third-order valence-corrected chi connectivity index (χ3v) is 4.58. The summed E-state index contributed by atoms with van der Waals surface area (Å²) in [5, 5.41) is 2.93. The first-order chi connectivity index (χ1) is 13.1. The largest absolute Gasteiger partial charge is 0.496 e. The van der Waals surface area contributed by atoms with Gasteiger partial charge >= 0.3 is 6.09 Å². The van der Waals surface area contributed by atoms with E-state index in [1.165, 1.54) is 0 Å². The highest BCUT2D eigenvalue weighted by Gasteiger charge is 2.42. The number of ether oxygens (including phenoxy) is 3. The van der Waals surface area contributed by atoms with Gasteiger partial charge < -0.3 is 19.5 Å². The van der Waals surface area contributed by atoms with Crippen molar-refractivity contribution < 1.29 is 19.0 Å². The predicted octanol–water partition coefficient (Wildman–Crippen LogP) is 4.19. The molecule has 0 fully saturated rings. The van der Waals surface area contributed by atoms with Crippen molar-refractivity contribution in [1.82, 2.24) is 5.32 Å². The zero-order valence-electron chi connectivity index (χ0n) is 15.6. The monoisotopic (exact) mass is 367 g/mol. The molecule has 2 aromatic carbocycles. The number of alkyl carbamates (subject to hydrolysis) is 1. The van der Waals surface area contributed by atoms with Gasteiger partial charge in [-0.3, -0.25) is 0 Å². The van der Waals surface area contributed by atoms with E-state index in [9.17, 15) is 4.79 Å². The molecule has 0 radical (unpaired) electrons. The molecule has 0 aromatic heterocycles. The topological polar surface area (TPSA) is 56.8 Å². The van der Waals surface area contributed by atoms with Crippen LogP contribution in [0.15, 0.2) is 73.0 Å². The van der Waals surface area contributed by atoms with E-state index >= 15 is 0 Å². The number of amides is 1. The fourth-order valence-electron chi connectivity index (χ4n) is 3.12. The first-order valence-electron chi connectivity index (χ1n) is 9.04. The van der Waals surface area contributed by atoms with Crippen LogP contribution in [-0.4, -0.2) is 23.8 Å². The van der Waals surface area contributed by atoms with Crippen molar-refractivity contribution in [3.05, 3.63) is 84.1 Å². The van der Waals surface area contributed by atoms with E-state index in [0.717, 1.165) is 11.1 Å². The highest BCUT2D eigenvalue weighted by molar-refractivity contribution is 5.69. The first-order valence-corrected chi connectivity index (χ1v) is 9.04. The Balaban J connectivity index is 1.61. The summed E-state index contributed by atoms with van der Waals surface area (Å²) in [7, 11) is 0. The van der Waals surface area contributed by atoms with Gasteiger partial charge in [0.25, 0.3) is 0 Å². The number of benzene rings is 2. The molecule has 0 unspecified atom stereocenters. The third kappa shape index (κ3) is 5.11. The molecule has 0 bridgehead atoms. The van der Waals surface area contributed by atoms with Gasteiger partial charge in [-0.15, -0.1) is 0 Å². The Morgan fingerprint density at radius 3 is 2.26 bits per heavy atom. The van der Waals surface area contributed by atoms with Gasteiger partial charge in [0.1, 0.15) is 18.8 Å². The van der Waals surface area contributed by atoms with Crippen molar-refractivity contribution in [2.45, 2.75) is 44.8 Å². The molecule has 0 spiro atoms. The van der Waals surface area contributed by atoms with Gasteiger partial charge in [0.2, 0.25) is 0 Å². The zero-order valence-corrected chi connectivity index (χ0v) is 15.6. The smallest absolute Gasteiger partial charge is 0.408 e. The van der Waals surface area contributed by atoms with Gasteiger partial charge in [-0.05, 0) is 31.1 Å². The SMILES string of the molecule is C[C@@H]1OC=C[C@](C)(NC(=O)OCc2ccccc2)[C@@H]1OCc1ccccc1. The average Bonchev–Trinajstić information content (AvgIpc) is 2.67. The number of hydrogen-bond donors (Lipinski definition) is 1. The lowest BCUT2D eigenvalue weighted by atomic mass is 9.89. The Kier molecular flexibility index (Phi) is 6.14. The molecule has 5 nitrogen and oxygen atoms in total. The van der Waals surface area contributed by atoms with Crippen molar-refractivity contribution in [2.24, 2.45) is 0 Å². The minimum atomic E-state index is -0.736. The maximum absolute atomic E-state index is 12.4. The number of hydrogen-bond acceptors (Lipinski definition) is 4. The van der Waals surface area contributed by atoms with Crippen LogP contribution >= 0.6 is 0 Å². The predicted molar refractivity (Wildman–Crippen MR) is 103 cm³/mol. The molecule has 1 N–H and O–H groups in total. The fraction of sp³-hybridized carbons (Fsp3) is 0.318. The molecule has 27 heavy (non-hydrogen) atoms. The molecule has 1 amide bonds. The summed E-state index contributed by atoms with van der Waals surface area (Å²) in [6, 6.07) is 19.5. The molecule has 142 valence electrons. The lowest BCUT2D eigenvalue weighted by Gasteiger charge is -2.41. The summed E-state index contributed by atoms with van der Waals surface area (Å²) in [6.45, 7) is 4.48. The molecule has 5 heteroatoms. The normalized spacial score (nSPS) is 24.1. The van der Waals surface area contributed by atoms with E-state index < -0.39 is 11.6 Å². The molecule has 0 saturated carbocycles.